The number of nitrogens with zero attached hydrogens (tertiary/aromatic N) is 3. The topological polar surface area (TPSA) is 138 Å². The fourth-order valence-electron chi connectivity index (χ4n) is 7.73. The first kappa shape index (κ1) is 32.9. The SMILES string of the molecule is CC(C)[Si](OC[C@H]1O[C@@H](n2cnc3c(=O)[nH]c(N)nc32)[C@H](O)[C@@H]1O[Si](C(C)C)(C(C)C)C(C)C)(C(C)C)C(C)C. The van der Waals surface area contributed by atoms with Crippen LogP contribution in [0.5, 0.6) is 0 Å². The lowest BCUT2D eigenvalue weighted by Crippen LogP contribution is -2.55. The highest BCUT2D eigenvalue weighted by Gasteiger charge is 2.55. The van der Waals surface area contributed by atoms with Crippen molar-refractivity contribution >= 4 is 33.7 Å². The number of nitrogens with one attached hydrogen (secondary N) is 1. The van der Waals surface area contributed by atoms with Gasteiger partial charge in [-0.2, -0.15) is 4.98 Å². The fourth-order valence-corrected chi connectivity index (χ4v) is 18.8. The number of aliphatic hydroxyl groups excluding tert-OH is 1. The minimum absolute atomic E-state index is 0.0214. The lowest BCUT2D eigenvalue weighted by molar-refractivity contribution is -0.0492. The summed E-state index contributed by atoms with van der Waals surface area (Å²) in [5.74, 6) is -0.0214. The van der Waals surface area contributed by atoms with Gasteiger partial charge in [-0.3, -0.25) is 14.3 Å². The molecule has 0 bridgehead atoms. The predicted molar refractivity (Wildman–Crippen MR) is 165 cm³/mol. The Morgan fingerprint density at radius 2 is 1.45 bits per heavy atom. The van der Waals surface area contributed by atoms with Gasteiger partial charge in [0.1, 0.15) is 18.3 Å². The van der Waals surface area contributed by atoms with E-state index in [0.29, 0.717) is 39.9 Å². The highest BCUT2D eigenvalue weighted by Crippen LogP contribution is 2.47. The number of hydrogen-bond donors (Lipinski definition) is 3. The number of hydrogen-bond acceptors (Lipinski definition) is 8. The molecule has 40 heavy (non-hydrogen) atoms. The van der Waals surface area contributed by atoms with E-state index < -0.39 is 46.7 Å². The Morgan fingerprint density at radius 3 is 1.93 bits per heavy atom. The summed E-state index contributed by atoms with van der Waals surface area (Å²) >= 11 is 0. The smallest absolute Gasteiger partial charge is 0.280 e. The molecule has 0 aromatic carbocycles. The van der Waals surface area contributed by atoms with Crippen LogP contribution in [0.25, 0.3) is 11.2 Å². The molecule has 1 saturated heterocycles. The standard InChI is InChI=1S/C28H53N5O5Si2/c1-15(2)39(16(3)4,17(5)6)36-13-21-24(38-40(18(7)8,19(9)10)20(11)12)23(34)27(37-21)33-14-30-22-25(33)31-28(29)32-26(22)35/h14-21,23-24,27,34H,13H2,1-12H3,(H3,29,31,32,35)/t21-,23-,24-,27-/m1/s1. The van der Waals surface area contributed by atoms with E-state index in [2.05, 4.69) is 98.0 Å². The average molecular weight is 596 g/mol. The summed E-state index contributed by atoms with van der Waals surface area (Å²) < 4.78 is 22.4. The summed E-state index contributed by atoms with van der Waals surface area (Å²) in [7, 11) is -4.62. The van der Waals surface area contributed by atoms with Crippen LogP contribution in [0.3, 0.4) is 0 Å². The molecule has 4 atom stereocenters. The molecule has 0 spiro atoms. The van der Waals surface area contributed by atoms with Crippen molar-refractivity contribution < 1.29 is 18.7 Å². The van der Waals surface area contributed by atoms with Gasteiger partial charge in [0.25, 0.3) is 5.56 Å². The Balaban J connectivity index is 2.09. The molecule has 0 amide bonds. The number of anilines is 1. The Morgan fingerprint density at radius 1 is 0.950 bits per heavy atom. The predicted octanol–water partition coefficient (Wildman–Crippen LogP) is 5.71. The number of aliphatic hydroxyl groups is 1. The Bertz CT molecular complexity index is 1150. The van der Waals surface area contributed by atoms with Crippen molar-refractivity contribution in [2.45, 2.75) is 141 Å². The first-order chi connectivity index (χ1) is 18.5. The summed E-state index contributed by atoms with van der Waals surface area (Å²) in [5, 5.41) is 11.9. The summed E-state index contributed by atoms with van der Waals surface area (Å²) in [6.07, 6.45) is -1.52. The Labute approximate surface area is 241 Å². The van der Waals surface area contributed by atoms with E-state index in [1.165, 1.54) is 6.33 Å². The molecule has 0 saturated carbocycles. The van der Waals surface area contributed by atoms with Crippen LogP contribution in [-0.2, 0) is 13.6 Å². The molecule has 10 nitrogen and oxygen atoms in total. The van der Waals surface area contributed by atoms with Gasteiger partial charge in [-0.05, 0) is 33.2 Å². The van der Waals surface area contributed by atoms with E-state index in [1.807, 2.05) is 0 Å². The largest absolute Gasteiger partial charge is 0.413 e. The summed E-state index contributed by atoms with van der Waals surface area (Å²) in [4.78, 5) is 23.5. The first-order valence-corrected chi connectivity index (χ1v) is 19.2. The number of H-pyrrole nitrogens is 1. The van der Waals surface area contributed by atoms with E-state index >= 15 is 0 Å². The summed E-state index contributed by atoms with van der Waals surface area (Å²) in [6.45, 7) is 27.2. The van der Waals surface area contributed by atoms with E-state index in [0.717, 1.165) is 0 Å². The molecule has 2 aromatic rings. The lowest BCUT2D eigenvalue weighted by Gasteiger charge is -2.46. The zero-order valence-corrected chi connectivity index (χ0v) is 28.6. The van der Waals surface area contributed by atoms with Gasteiger partial charge in [0.2, 0.25) is 14.3 Å². The van der Waals surface area contributed by atoms with Gasteiger partial charge in [-0.15, -0.1) is 0 Å². The number of ether oxygens (including phenoxy) is 1. The van der Waals surface area contributed by atoms with Crippen LogP contribution in [0, 0.1) is 0 Å². The zero-order valence-electron chi connectivity index (χ0n) is 26.6. The number of nitrogens with two attached hydrogens (primary N) is 1. The minimum atomic E-state index is -2.40. The average Bonchev–Trinajstić information content (AvgIpc) is 3.37. The molecule has 0 aliphatic carbocycles. The van der Waals surface area contributed by atoms with Crippen LogP contribution < -0.4 is 11.3 Å². The second kappa shape index (κ2) is 12.3. The van der Waals surface area contributed by atoms with Crippen LogP contribution in [0.4, 0.5) is 5.95 Å². The Kier molecular flexibility index (Phi) is 10.2. The molecule has 12 heteroatoms. The van der Waals surface area contributed by atoms with Crippen molar-refractivity contribution in [2.24, 2.45) is 0 Å². The second-order valence-corrected chi connectivity index (χ2v) is 24.2. The third-order valence-electron chi connectivity index (χ3n) is 9.29. The maximum absolute atomic E-state index is 12.5. The van der Waals surface area contributed by atoms with Crippen molar-refractivity contribution in [3.05, 3.63) is 16.7 Å². The van der Waals surface area contributed by atoms with Crippen molar-refractivity contribution in [2.75, 3.05) is 12.3 Å². The molecular formula is C28H53N5O5Si2. The highest BCUT2D eigenvalue weighted by molar-refractivity contribution is 6.78. The van der Waals surface area contributed by atoms with Crippen molar-refractivity contribution in [3.63, 3.8) is 0 Å². The van der Waals surface area contributed by atoms with Gasteiger partial charge < -0.3 is 24.4 Å². The fraction of sp³-hybridized carbons (Fsp3) is 0.821. The van der Waals surface area contributed by atoms with E-state index in [1.54, 1.807) is 4.57 Å². The molecule has 2 aromatic heterocycles. The first-order valence-electron chi connectivity index (χ1n) is 14.9. The molecule has 4 N–H and O–H groups in total. The Hall–Kier alpha value is -1.58. The third kappa shape index (κ3) is 5.59. The molecule has 3 heterocycles. The molecular weight excluding hydrogens is 543 g/mol. The van der Waals surface area contributed by atoms with E-state index in [-0.39, 0.29) is 17.1 Å². The molecule has 0 radical (unpaired) electrons. The monoisotopic (exact) mass is 595 g/mol. The van der Waals surface area contributed by atoms with Crippen LogP contribution in [0.15, 0.2) is 11.1 Å². The number of fused-ring (bicyclic) bond motifs is 1. The zero-order chi connectivity index (χ0) is 30.3. The highest BCUT2D eigenvalue weighted by atomic mass is 28.4. The van der Waals surface area contributed by atoms with Crippen LogP contribution >= 0.6 is 0 Å². The van der Waals surface area contributed by atoms with Gasteiger partial charge in [-0.1, -0.05) is 83.1 Å². The van der Waals surface area contributed by atoms with Crippen LogP contribution in [0.2, 0.25) is 33.2 Å². The normalized spacial score (nSPS) is 22.9. The number of nitrogen functional groups attached to an aromatic ring is 1. The summed E-state index contributed by atoms with van der Waals surface area (Å²) in [6, 6.07) is 0. The second-order valence-electron chi connectivity index (χ2n) is 13.4. The number of aromatic nitrogens is 4. The van der Waals surface area contributed by atoms with Gasteiger partial charge >= 0.3 is 0 Å². The number of rotatable bonds is 12. The maximum Gasteiger partial charge on any atom is 0.280 e. The van der Waals surface area contributed by atoms with E-state index in [9.17, 15) is 9.90 Å². The molecule has 0 unspecified atom stereocenters. The molecule has 1 aliphatic heterocycles. The van der Waals surface area contributed by atoms with Crippen molar-refractivity contribution in [1.29, 1.82) is 0 Å². The van der Waals surface area contributed by atoms with Crippen LogP contribution in [0.1, 0.15) is 89.3 Å². The van der Waals surface area contributed by atoms with Crippen molar-refractivity contribution in [1.82, 2.24) is 19.5 Å². The van der Waals surface area contributed by atoms with Gasteiger partial charge in [-0.25, -0.2) is 4.98 Å². The van der Waals surface area contributed by atoms with E-state index in [4.69, 9.17) is 19.3 Å². The molecule has 228 valence electrons. The molecule has 1 fully saturated rings. The van der Waals surface area contributed by atoms with Crippen LogP contribution in [-0.4, -0.2) is 66.2 Å². The van der Waals surface area contributed by atoms with Gasteiger partial charge in [0, 0.05) is 0 Å². The summed E-state index contributed by atoms with van der Waals surface area (Å²) in [5.41, 5.74) is 8.01. The van der Waals surface area contributed by atoms with Crippen molar-refractivity contribution in [3.8, 4) is 0 Å². The number of imidazole rings is 1. The van der Waals surface area contributed by atoms with Gasteiger partial charge in [0.15, 0.2) is 25.7 Å². The minimum Gasteiger partial charge on any atom is -0.413 e. The lowest BCUT2D eigenvalue weighted by atomic mass is 10.1. The van der Waals surface area contributed by atoms with Gasteiger partial charge in [0.05, 0.1) is 12.9 Å². The number of aromatic amines is 1. The third-order valence-corrected chi connectivity index (χ3v) is 21.5. The molecule has 3 rings (SSSR count). The molecule has 1 aliphatic rings. The quantitative estimate of drug-likeness (QED) is 0.265. The maximum atomic E-state index is 12.5.